The lowest BCUT2D eigenvalue weighted by atomic mass is 10.1. The van der Waals surface area contributed by atoms with Crippen molar-refractivity contribution in [1.29, 1.82) is 0 Å². The lowest BCUT2D eigenvalue weighted by Gasteiger charge is -2.36. The first-order valence-corrected chi connectivity index (χ1v) is 9.81. The number of anilines is 2. The molecule has 148 valence electrons. The minimum Gasteiger partial charge on any atom is -0.368 e. The Bertz CT molecular complexity index is 769. The molecule has 28 heavy (non-hydrogen) atoms. The van der Waals surface area contributed by atoms with Gasteiger partial charge in [-0.3, -0.25) is 4.79 Å². The molecule has 6 nitrogen and oxygen atoms in total. The number of aryl methyl sites for hydroxylation is 1. The van der Waals surface area contributed by atoms with Gasteiger partial charge in [0.05, 0.1) is 0 Å². The number of piperazine rings is 1. The number of carbonyl (C=O) groups excluding carboxylic acids is 2. The summed E-state index contributed by atoms with van der Waals surface area (Å²) < 4.78 is 0. The number of benzene rings is 2. The third-order valence-corrected chi connectivity index (χ3v) is 4.88. The molecule has 1 aliphatic heterocycles. The van der Waals surface area contributed by atoms with Crippen molar-refractivity contribution in [2.45, 2.75) is 19.8 Å². The zero-order valence-corrected chi connectivity index (χ0v) is 16.4. The van der Waals surface area contributed by atoms with E-state index in [0.29, 0.717) is 19.6 Å². The molecule has 0 atom stereocenters. The molecule has 6 heteroatoms. The number of amides is 3. The van der Waals surface area contributed by atoms with Gasteiger partial charge < -0.3 is 20.4 Å². The first-order valence-electron chi connectivity index (χ1n) is 9.81. The summed E-state index contributed by atoms with van der Waals surface area (Å²) in [4.78, 5) is 27.6. The van der Waals surface area contributed by atoms with Gasteiger partial charge in [-0.2, -0.15) is 0 Å². The highest BCUT2D eigenvalue weighted by Gasteiger charge is 2.20. The lowest BCUT2D eigenvalue weighted by Crippen LogP contribution is -2.52. The third-order valence-electron chi connectivity index (χ3n) is 4.88. The Hall–Kier alpha value is -3.02. The van der Waals surface area contributed by atoms with Crippen molar-refractivity contribution in [2.75, 3.05) is 42.9 Å². The van der Waals surface area contributed by atoms with Gasteiger partial charge in [-0.25, -0.2) is 4.79 Å². The van der Waals surface area contributed by atoms with Crippen LogP contribution in [0.5, 0.6) is 0 Å². The summed E-state index contributed by atoms with van der Waals surface area (Å²) in [5.41, 5.74) is 3.21. The second-order valence-electron chi connectivity index (χ2n) is 7.02. The van der Waals surface area contributed by atoms with Gasteiger partial charge in [0.2, 0.25) is 5.91 Å². The number of urea groups is 1. The summed E-state index contributed by atoms with van der Waals surface area (Å²) in [7, 11) is 0. The average molecular weight is 380 g/mol. The van der Waals surface area contributed by atoms with E-state index in [9.17, 15) is 9.59 Å². The summed E-state index contributed by atoms with van der Waals surface area (Å²) in [6, 6.07) is 18.2. The first kappa shape index (κ1) is 19.7. The Morgan fingerprint density at radius 3 is 2.25 bits per heavy atom. The molecule has 2 aromatic carbocycles. The Labute approximate surface area is 166 Å². The number of nitrogens with one attached hydrogen (secondary N) is 2. The van der Waals surface area contributed by atoms with Crippen LogP contribution in [0.25, 0.3) is 0 Å². The summed E-state index contributed by atoms with van der Waals surface area (Å²) >= 11 is 0. The Balaban J connectivity index is 1.38. The molecule has 0 aromatic heterocycles. The minimum atomic E-state index is -0.0730. The number of hydrogen-bond acceptors (Lipinski definition) is 3. The van der Waals surface area contributed by atoms with Gasteiger partial charge in [-0.1, -0.05) is 30.3 Å². The van der Waals surface area contributed by atoms with E-state index in [2.05, 4.69) is 27.7 Å². The number of nitrogens with zero attached hydrogens (tertiary/aromatic N) is 2. The van der Waals surface area contributed by atoms with Crippen LogP contribution in [0.4, 0.5) is 16.2 Å². The van der Waals surface area contributed by atoms with E-state index in [1.165, 1.54) is 12.5 Å². The van der Waals surface area contributed by atoms with Crippen LogP contribution in [0.1, 0.15) is 18.9 Å². The Kier molecular flexibility index (Phi) is 6.89. The molecule has 0 radical (unpaired) electrons. The summed E-state index contributed by atoms with van der Waals surface area (Å²) in [6.07, 6.45) is 1.92. The SMILES string of the molecule is CC(=O)Nc1ccc(N2CCN(C(=O)NCCCc3ccccc3)CC2)cc1. The maximum Gasteiger partial charge on any atom is 0.317 e. The summed E-state index contributed by atoms with van der Waals surface area (Å²) in [6.45, 7) is 5.21. The van der Waals surface area contributed by atoms with E-state index in [1.54, 1.807) is 0 Å². The predicted molar refractivity (Wildman–Crippen MR) is 113 cm³/mol. The minimum absolute atomic E-state index is 0.0220. The molecule has 0 unspecified atom stereocenters. The second kappa shape index (κ2) is 9.78. The van der Waals surface area contributed by atoms with Gasteiger partial charge >= 0.3 is 6.03 Å². The standard InChI is InChI=1S/C22H28N4O2/c1-18(27)24-20-9-11-21(12-10-20)25-14-16-26(17-15-25)22(28)23-13-5-8-19-6-3-2-4-7-19/h2-4,6-7,9-12H,5,8,13-17H2,1H3,(H,23,28)(H,24,27). The molecule has 3 amide bonds. The smallest absolute Gasteiger partial charge is 0.317 e. The van der Waals surface area contributed by atoms with E-state index in [-0.39, 0.29) is 11.9 Å². The van der Waals surface area contributed by atoms with Gasteiger partial charge in [0.1, 0.15) is 0 Å². The maximum atomic E-state index is 12.4. The van der Waals surface area contributed by atoms with Crippen LogP contribution in [-0.4, -0.2) is 49.6 Å². The van der Waals surface area contributed by atoms with Gasteiger partial charge in [-0.05, 0) is 42.7 Å². The van der Waals surface area contributed by atoms with Gasteiger partial charge in [0, 0.05) is 51.0 Å². The normalized spacial score (nSPS) is 13.9. The predicted octanol–water partition coefficient (Wildman–Crippen LogP) is 3.11. The fraction of sp³-hybridized carbons (Fsp3) is 0.364. The molecule has 0 bridgehead atoms. The summed E-state index contributed by atoms with van der Waals surface area (Å²) in [5, 5.41) is 5.80. The van der Waals surface area contributed by atoms with E-state index in [1.807, 2.05) is 47.4 Å². The Morgan fingerprint density at radius 2 is 1.61 bits per heavy atom. The molecule has 1 fully saturated rings. The highest BCUT2D eigenvalue weighted by molar-refractivity contribution is 5.88. The Morgan fingerprint density at radius 1 is 0.929 bits per heavy atom. The highest BCUT2D eigenvalue weighted by Crippen LogP contribution is 2.19. The largest absolute Gasteiger partial charge is 0.368 e. The van der Waals surface area contributed by atoms with E-state index < -0.39 is 0 Å². The van der Waals surface area contributed by atoms with Crippen LogP contribution in [0.2, 0.25) is 0 Å². The number of hydrogen-bond donors (Lipinski definition) is 2. The van der Waals surface area contributed by atoms with E-state index in [0.717, 1.165) is 37.3 Å². The van der Waals surface area contributed by atoms with Crippen molar-refractivity contribution in [3.63, 3.8) is 0 Å². The van der Waals surface area contributed by atoms with Gasteiger partial charge in [-0.15, -0.1) is 0 Å². The zero-order valence-electron chi connectivity index (χ0n) is 16.4. The van der Waals surface area contributed by atoms with Crippen LogP contribution in [0, 0.1) is 0 Å². The molecule has 0 saturated carbocycles. The van der Waals surface area contributed by atoms with Gasteiger partial charge in [0.25, 0.3) is 0 Å². The van der Waals surface area contributed by atoms with Crippen molar-refractivity contribution >= 4 is 23.3 Å². The van der Waals surface area contributed by atoms with Crippen LogP contribution in [0.3, 0.4) is 0 Å². The van der Waals surface area contributed by atoms with Crippen LogP contribution in [0.15, 0.2) is 54.6 Å². The first-order chi connectivity index (χ1) is 13.6. The van der Waals surface area contributed by atoms with Gasteiger partial charge in [0.15, 0.2) is 0 Å². The summed E-state index contributed by atoms with van der Waals surface area (Å²) in [5.74, 6) is -0.0730. The lowest BCUT2D eigenvalue weighted by molar-refractivity contribution is -0.114. The molecule has 1 aliphatic rings. The van der Waals surface area contributed by atoms with Crippen LogP contribution < -0.4 is 15.5 Å². The molecule has 1 heterocycles. The fourth-order valence-electron chi connectivity index (χ4n) is 3.37. The molecular weight excluding hydrogens is 352 g/mol. The number of rotatable bonds is 6. The average Bonchev–Trinajstić information content (AvgIpc) is 2.72. The molecule has 3 rings (SSSR count). The maximum absolute atomic E-state index is 12.4. The molecule has 2 N–H and O–H groups in total. The molecule has 0 aliphatic carbocycles. The monoisotopic (exact) mass is 380 g/mol. The number of carbonyl (C=O) groups is 2. The van der Waals surface area contributed by atoms with Crippen LogP contribution in [-0.2, 0) is 11.2 Å². The van der Waals surface area contributed by atoms with E-state index >= 15 is 0 Å². The third kappa shape index (κ3) is 5.74. The van der Waals surface area contributed by atoms with Crippen molar-refractivity contribution in [3.05, 3.63) is 60.2 Å². The van der Waals surface area contributed by atoms with Crippen molar-refractivity contribution < 1.29 is 9.59 Å². The molecule has 2 aromatic rings. The quantitative estimate of drug-likeness (QED) is 0.757. The molecule has 0 spiro atoms. The van der Waals surface area contributed by atoms with Crippen LogP contribution >= 0.6 is 0 Å². The zero-order chi connectivity index (χ0) is 19.8. The fourth-order valence-corrected chi connectivity index (χ4v) is 3.37. The molecule has 1 saturated heterocycles. The second-order valence-corrected chi connectivity index (χ2v) is 7.02. The van der Waals surface area contributed by atoms with Crippen molar-refractivity contribution in [1.82, 2.24) is 10.2 Å². The van der Waals surface area contributed by atoms with Crippen molar-refractivity contribution in [2.24, 2.45) is 0 Å². The topological polar surface area (TPSA) is 64.7 Å². The van der Waals surface area contributed by atoms with Crippen molar-refractivity contribution in [3.8, 4) is 0 Å². The molecular formula is C22H28N4O2. The highest BCUT2D eigenvalue weighted by atomic mass is 16.2. The van der Waals surface area contributed by atoms with E-state index in [4.69, 9.17) is 0 Å².